The van der Waals surface area contributed by atoms with Gasteiger partial charge in [0.05, 0.1) is 31.8 Å². The number of aromatic nitrogens is 3. The van der Waals surface area contributed by atoms with Crippen LogP contribution in [0.1, 0.15) is 12.8 Å². The molecule has 2 aliphatic heterocycles. The number of nitrogens with zero attached hydrogens (tertiary/aromatic N) is 3. The fourth-order valence-corrected chi connectivity index (χ4v) is 2.54. The van der Waals surface area contributed by atoms with E-state index in [0.29, 0.717) is 13.2 Å². The monoisotopic (exact) mass is 309 g/mol. The summed E-state index contributed by atoms with van der Waals surface area (Å²) in [6.07, 6.45) is 2.78. The van der Waals surface area contributed by atoms with Crippen LogP contribution in [0.2, 0.25) is 0 Å². The van der Waals surface area contributed by atoms with E-state index in [0.717, 1.165) is 26.5 Å². The molecule has 3 rings (SSSR count). The molecule has 8 nitrogen and oxygen atoms in total. The van der Waals surface area contributed by atoms with Gasteiger partial charge < -0.3 is 9.47 Å². The van der Waals surface area contributed by atoms with Crippen LogP contribution in [0.15, 0.2) is 27.0 Å². The summed E-state index contributed by atoms with van der Waals surface area (Å²) in [4.78, 5) is 37.2. The molecule has 1 aromatic rings. The zero-order chi connectivity index (χ0) is 15.7. The molecule has 2 unspecified atom stereocenters. The minimum atomic E-state index is -0.615. The van der Waals surface area contributed by atoms with Crippen molar-refractivity contribution in [2.45, 2.75) is 44.7 Å². The van der Waals surface area contributed by atoms with Crippen molar-refractivity contribution in [2.24, 2.45) is 0 Å². The summed E-state index contributed by atoms with van der Waals surface area (Å²) in [5, 5.41) is 0. The van der Waals surface area contributed by atoms with Crippen molar-refractivity contribution >= 4 is 0 Å². The summed E-state index contributed by atoms with van der Waals surface area (Å²) < 4.78 is 13.7. The Morgan fingerprint density at radius 1 is 0.909 bits per heavy atom. The topological polar surface area (TPSA) is 84.5 Å². The molecule has 120 valence electrons. The summed E-state index contributed by atoms with van der Waals surface area (Å²) in [5.41, 5.74) is -1.83. The molecule has 0 spiro atoms. The van der Waals surface area contributed by atoms with Crippen LogP contribution in [-0.2, 0) is 29.1 Å². The van der Waals surface area contributed by atoms with Gasteiger partial charge in [0.2, 0.25) is 0 Å². The molecule has 22 heavy (non-hydrogen) atoms. The Balaban J connectivity index is 2.06. The first-order valence-corrected chi connectivity index (χ1v) is 7.40. The van der Waals surface area contributed by atoms with E-state index in [-0.39, 0.29) is 31.8 Å². The number of ether oxygens (including phenoxy) is 2. The minimum Gasteiger partial charge on any atom is -0.376 e. The number of rotatable bonds is 6. The quantitative estimate of drug-likeness (QED) is 0.625. The zero-order valence-corrected chi connectivity index (χ0v) is 12.3. The molecular weight excluding hydrogens is 290 g/mol. The Morgan fingerprint density at radius 3 is 1.64 bits per heavy atom. The van der Waals surface area contributed by atoms with E-state index in [9.17, 15) is 14.4 Å². The molecule has 3 heterocycles. The highest BCUT2D eigenvalue weighted by Gasteiger charge is 2.25. The molecular formula is C14H19N3O5. The molecule has 8 heteroatoms. The first kappa shape index (κ1) is 15.0. The molecule has 0 saturated carbocycles. The standard InChI is InChI=1S/C14H19N3O5/c1-2-5-15-12(18)16(8-10-3-6-21-10)14(20)17(13(15)19)9-11-4-7-22-11/h2,10-11H,1,3-9H2. The van der Waals surface area contributed by atoms with Crippen LogP contribution in [-0.4, -0.2) is 39.1 Å². The van der Waals surface area contributed by atoms with Gasteiger partial charge in [-0.05, 0) is 12.8 Å². The third kappa shape index (κ3) is 2.59. The Morgan fingerprint density at radius 2 is 1.32 bits per heavy atom. The van der Waals surface area contributed by atoms with Crippen molar-refractivity contribution < 1.29 is 9.47 Å². The summed E-state index contributed by atoms with van der Waals surface area (Å²) in [7, 11) is 0. The molecule has 2 fully saturated rings. The van der Waals surface area contributed by atoms with Gasteiger partial charge in [-0.3, -0.25) is 0 Å². The fourth-order valence-electron chi connectivity index (χ4n) is 2.54. The van der Waals surface area contributed by atoms with Crippen molar-refractivity contribution in [1.82, 2.24) is 13.7 Å². The van der Waals surface area contributed by atoms with E-state index in [1.165, 1.54) is 6.08 Å². The maximum Gasteiger partial charge on any atom is 0.336 e. The highest BCUT2D eigenvalue weighted by Crippen LogP contribution is 2.12. The smallest absolute Gasteiger partial charge is 0.336 e. The largest absolute Gasteiger partial charge is 0.376 e. The second-order valence-corrected chi connectivity index (χ2v) is 5.53. The normalized spacial score (nSPS) is 23.6. The van der Waals surface area contributed by atoms with Crippen molar-refractivity contribution in [1.29, 1.82) is 0 Å². The van der Waals surface area contributed by atoms with Crippen LogP contribution in [0, 0.1) is 0 Å². The molecule has 0 radical (unpaired) electrons. The molecule has 2 atom stereocenters. The molecule has 0 aliphatic carbocycles. The molecule has 2 saturated heterocycles. The lowest BCUT2D eigenvalue weighted by Crippen LogP contribution is -2.57. The van der Waals surface area contributed by atoms with Crippen LogP contribution < -0.4 is 17.1 Å². The highest BCUT2D eigenvalue weighted by molar-refractivity contribution is 4.85. The SMILES string of the molecule is C=CCn1c(=O)n(CC2CCO2)c(=O)n(CC2CCO2)c1=O. The van der Waals surface area contributed by atoms with Crippen molar-refractivity contribution in [3.8, 4) is 0 Å². The first-order chi connectivity index (χ1) is 10.6. The number of hydrogen-bond donors (Lipinski definition) is 0. The van der Waals surface area contributed by atoms with Gasteiger partial charge in [0.15, 0.2) is 0 Å². The summed E-state index contributed by atoms with van der Waals surface area (Å²) in [6.45, 7) is 5.22. The van der Waals surface area contributed by atoms with E-state index in [4.69, 9.17) is 9.47 Å². The molecule has 0 bridgehead atoms. The number of hydrogen-bond acceptors (Lipinski definition) is 5. The third-order valence-corrected chi connectivity index (χ3v) is 4.06. The van der Waals surface area contributed by atoms with E-state index in [1.807, 2.05) is 0 Å². The average Bonchev–Trinajstić information content (AvgIpc) is 2.39. The van der Waals surface area contributed by atoms with Crippen LogP contribution in [0.3, 0.4) is 0 Å². The molecule has 1 aromatic heterocycles. The van der Waals surface area contributed by atoms with Gasteiger partial charge in [0, 0.05) is 13.2 Å². The van der Waals surface area contributed by atoms with E-state index < -0.39 is 17.1 Å². The fraction of sp³-hybridized carbons (Fsp3) is 0.643. The molecule has 2 aliphatic rings. The van der Waals surface area contributed by atoms with Gasteiger partial charge in [0.1, 0.15) is 0 Å². The third-order valence-electron chi connectivity index (χ3n) is 4.06. The summed E-state index contributed by atoms with van der Waals surface area (Å²) in [5.74, 6) is 0. The summed E-state index contributed by atoms with van der Waals surface area (Å²) >= 11 is 0. The minimum absolute atomic E-state index is 0.0645. The van der Waals surface area contributed by atoms with Gasteiger partial charge >= 0.3 is 17.1 Å². The Hall–Kier alpha value is -1.93. The average molecular weight is 309 g/mol. The maximum atomic E-state index is 12.5. The molecule has 0 N–H and O–H groups in total. The second-order valence-electron chi connectivity index (χ2n) is 5.53. The predicted molar refractivity (Wildman–Crippen MR) is 78.1 cm³/mol. The lowest BCUT2D eigenvalue weighted by Gasteiger charge is -2.28. The molecule has 0 amide bonds. The van der Waals surface area contributed by atoms with Gasteiger partial charge in [0.25, 0.3) is 0 Å². The van der Waals surface area contributed by atoms with Gasteiger partial charge in [-0.15, -0.1) is 6.58 Å². The van der Waals surface area contributed by atoms with Crippen LogP contribution in [0.25, 0.3) is 0 Å². The van der Waals surface area contributed by atoms with Crippen molar-refractivity contribution in [2.75, 3.05) is 13.2 Å². The maximum absolute atomic E-state index is 12.5. The second kappa shape index (κ2) is 6.05. The highest BCUT2D eigenvalue weighted by atomic mass is 16.5. The zero-order valence-electron chi connectivity index (χ0n) is 12.3. The Bertz CT molecular complexity index is 682. The van der Waals surface area contributed by atoms with Crippen LogP contribution >= 0.6 is 0 Å². The number of allylic oxidation sites excluding steroid dienone is 1. The van der Waals surface area contributed by atoms with Gasteiger partial charge in [-0.1, -0.05) is 6.08 Å². The van der Waals surface area contributed by atoms with Gasteiger partial charge in [-0.2, -0.15) is 0 Å². The first-order valence-electron chi connectivity index (χ1n) is 7.40. The summed E-state index contributed by atoms with van der Waals surface area (Å²) in [6, 6.07) is 0. The van der Waals surface area contributed by atoms with E-state index in [1.54, 1.807) is 0 Å². The van der Waals surface area contributed by atoms with Crippen molar-refractivity contribution in [3.63, 3.8) is 0 Å². The predicted octanol–water partition coefficient (Wildman–Crippen LogP) is -1.06. The van der Waals surface area contributed by atoms with Crippen LogP contribution in [0.4, 0.5) is 0 Å². The Labute approximate surface area is 126 Å². The molecule has 0 aromatic carbocycles. The van der Waals surface area contributed by atoms with Crippen molar-refractivity contribution in [3.05, 3.63) is 44.1 Å². The van der Waals surface area contributed by atoms with E-state index >= 15 is 0 Å². The lowest BCUT2D eigenvalue weighted by atomic mass is 10.2. The Kier molecular flexibility index (Phi) is 4.12. The lowest BCUT2D eigenvalue weighted by molar-refractivity contribution is -0.0648. The van der Waals surface area contributed by atoms with Gasteiger partial charge in [-0.25, -0.2) is 28.1 Å². The van der Waals surface area contributed by atoms with Crippen LogP contribution in [0.5, 0.6) is 0 Å². The van der Waals surface area contributed by atoms with E-state index in [2.05, 4.69) is 6.58 Å².